The zero-order chi connectivity index (χ0) is 12.8. The van der Waals surface area contributed by atoms with E-state index in [9.17, 15) is 0 Å². The fourth-order valence-corrected chi connectivity index (χ4v) is 3.92. The fraction of sp³-hybridized carbons (Fsp3) is 0.438. The molecule has 0 saturated heterocycles. The lowest BCUT2D eigenvalue weighted by Crippen LogP contribution is -2.26. The maximum Gasteiger partial charge on any atom is 0.0724 e. The van der Waals surface area contributed by atoms with Crippen LogP contribution in [-0.2, 0) is 0 Å². The van der Waals surface area contributed by atoms with Crippen LogP contribution in [0.4, 0.5) is 11.4 Å². The van der Waals surface area contributed by atoms with E-state index in [2.05, 4.69) is 22.4 Å². The van der Waals surface area contributed by atoms with Crippen LogP contribution in [-0.4, -0.2) is 11.0 Å². The predicted molar refractivity (Wildman–Crippen MR) is 79.0 cm³/mol. The molecule has 0 amide bonds. The van der Waals surface area contributed by atoms with Crippen molar-refractivity contribution in [1.29, 1.82) is 0 Å². The second-order valence-corrected chi connectivity index (χ2v) is 6.02. The van der Waals surface area contributed by atoms with Crippen molar-refractivity contribution in [2.45, 2.75) is 31.7 Å². The minimum Gasteiger partial charge on any atom is -0.397 e. The molecule has 19 heavy (non-hydrogen) atoms. The number of anilines is 2. The Morgan fingerprint density at radius 1 is 1.16 bits per heavy atom. The standard InChI is InChI=1S/C16H19N3/c17-16-12-2-1-7-18-13(12)5-6-14(16)19-15-9-10-3-4-11(15)8-10/h1-2,5-7,10-11,15,19H,3-4,8-9,17H2. The molecule has 98 valence electrons. The maximum atomic E-state index is 6.29. The predicted octanol–water partition coefficient (Wildman–Crippen LogP) is 3.42. The third-order valence-electron chi connectivity index (χ3n) is 4.91. The summed E-state index contributed by atoms with van der Waals surface area (Å²) >= 11 is 0. The number of hydrogen-bond donors (Lipinski definition) is 2. The highest BCUT2D eigenvalue weighted by atomic mass is 15.0. The quantitative estimate of drug-likeness (QED) is 0.806. The number of benzene rings is 1. The minimum absolute atomic E-state index is 0.621. The van der Waals surface area contributed by atoms with E-state index < -0.39 is 0 Å². The van der Waals surface area contributed by atoms with E-state index in [1.165, 1.54) is 25.7 Å². The fourth-order valence-electron chi connectivity index (χ4n) is 3.92. The number of nitrogens with zero attached hydrogens (tertiary/aromatic N) is 1. The van der Waals surface area contributed by atoms with Crippen molar-refractivity contribution in [3.05, 3.63) is 30.5 Å². The van der Waals surface area contributed by atoms with Crippen molar-refractivity contribution in [2.75, 3.05) is 11.1 Å². The van der Waals surface area contributed by atoms with Crippen molar-refractivity contribution < 1.29 is 0 Å². The monoisotopic (exact) mass is 253 g/mol. The molecule has 1 aromatic heterocycles. The zero-order valence-corrected chi connectivity index (χ0v) is 11.0. The number of nitrogen functional groups attached to an aromatic ring is 1. The van der Waals surface area contributed by atoms with Crippen molar-refractivity contribution >= 4 is 22.3 Å². The molecule has 1 heterocycles. The van der Waals surface area contributed by atoms with Gasteiger partial charge in [-0.2, -0.15) is 0 Å². The Bertz CT molecular complexity index is 622. The van der Waals surface area contributed by atoms with Gasteiger partial charge in [-0.05, 0) is 55.4 Å². The second kappa shape index (κ2) is 4.12. The Balaban J connectivity index is 1.66. The first-order valence-corrected chi connectivity index (χ1v) is 7.21. The summed E-state index contributed by atoms with van der Waals surface area (Å²) < 4.78 is 0. The number of fused-ring (bicyclic) bond motifs is 3. The summed E-state index contributed by atoms with van der Waals surface area (Å²) in [6, 6.07) is 8.75. The summed E-state index contributed by atoms with van der Waals surface area (Å²) in [5.41, 5.74) is 9.19. The van der Waals surface area contributed by atoms with Crippen LogP contribution < -0.4 is 11.1 Å². The van der Waals surface area contributed by atoms with Gasteiger partial charge in [-0.1, -0.05) is 6.42 Å². The molecule has 3 N–H and O–H groups in total. The topological polar surface area (TPSA) is 50.9 Å². The SMILES string of the molecule is Nc1c(NC2CC3CCC2C3)ccc2ncccc12. The molecule has 2 aromatic rings. The van der Waals surface area contributed by atoms with Gasteiger partial charge in [0.25, 0.3) is 0 Å². The number of nitrogens with two attached hydrogens (primary N) is 1. The third-order valence-corrected chi connectivity index (χ3v) is 4.91. The zero-order valence-electron chi connectivity index (χ0n) is 11.0. The molecule has 2 bridgehead atoms. The van der Waals surface area contributed by atoms with Gasteiger partial charge in [0, 0.05) is 17.6 Å². The van der Waals surface area contributed by atoms with E-state index >= 15 is 0 Å². The molecule has 2 aliphatic carbocycles. The summed E-state index contributed by atoms with van der Waals surface area (Å²) in [4.78, 5) is 4.35. The highest BCUT2D eigenvalue weighted by Crippen LogP contribution is 2.46. The lowest BCUT2D eigenvalue weighted by Gasteiger charge is -2.25. The molecule has 2 saturated carbocycles. The van der Waals surface area contributed by atoms with Crippen molar-refractivity contribution in [1.82, 2.24) is 4.98 Å². The number of aromatic nitrogens is 1. The molecule has 0 spiro atoms. The Hall–Kier alpha value is -1.77. The Morgan fingerprint density at radius 3 is 2.89 bits per heavy atom. The number of nitrogens with one attached hydrogen (secondary N) is 1. The van der Waals surface area contributed by atoms with Crippen LogP contribution in [0, 0.1) is 11.8 Å². The average molecular weight is 253 g/mol. The van der Waals surface area contributed by atoms with E-state index in [-0.39, 0.29) is 0 Å². The molecule has 3 unspecified atom stereocenters. The molecule has 4 rings (SSSR count). The Labute approximate surface area is 113 Å². The van der Waals surface area contributed by atoms with Gasteiger partial charge in [0.05, 0.1) is 16.9 Å². The average Bonchev–Trinajstić information content (AvgIpc) is 3.05. The molecular formula is C16H19N3. The largest absolute Gasteiger partial charge is 0.397 e. The van der Waals surface area contributed by atoms with E-state index in [0.717, 1.165) is 34.1 Å². The number of rotatable bonds is 2. The highest BCUT2D eigenvalue weighted by molar-refractivity contribution is 5.96. The van der Waals surface area contributed by atoms with Crippen molar-refractivity contribution in [2.24, 2.45) is 11.8 Å². The van der Waals surface area contributed by atoms with Gasteiger partial charge >= 0.3 is 0 Å². The van der Waals surface area contributed by atoms with Crippen LogP contribution in [0.1, 0.15) is 25.7 Å². The molecule has 3 nitrogen and oxygen atoms in total. The van der Waals surface area contributed by atoms with E-state index in [4.69, 9.17) is 5.73 Å². The first-order chi connectivity index (χ1) is 9.31. The van der Waals surface area contributed by atoms with Crippen LogP contribution in [0.5, 0.6) is 0 Å². The first-order valence-electron chi connectivity index (χ1n) is 7.21. The molecule has 0 aliphatic heterocycles. The molecule has 2 fully saturated rings. The van der Waals surface area contributed by atoms with E-state index in [1.807, 2.05) is 18.3 Å². The lowest BCUT2D eigenvalue weighted by atomic mass is 9.95. The number of hydrogen-bond acceptors (Lipinski definition) is 3. The highest BCUT2D eigenvalue weighted by Gasteiger charge is 2.39. The Kier molecular flexibility index (Phi) is 2.40. The van der Waals surface area contributed by atoms with Crippen LogP contribution in [0.25, 0.3) is 10.9 Å². The molecular weight excluding hydrogens is 234 g/mol. The first kappa shape index (κ1) is 11.1. The van der Waals surface area contributed by atoms with Gasteiger partial charge in [0.1, 0.15) is 0 Å². The van der Waals surface area contributed by atoms with Crippen LogP contribution in [0.15, 0.2) is 30.5 Å². The summed E-state index contributed by atoms with van der Waals surface area (Å²) in [5.74, 6) is 1.81. The smallest absolute Gasteiger partial charge is 0.0724 e. The van der Waals surface area contributed by atoms with Crippen LogP contribution >= 0.6 is 0 Å². The van der Waals surface area contributed by atoms with Gasteiger partial charge in [-0.3, -0.25) is 4.98 Å². The molecule has 2 aliphatic rings. The summed E-state index contributed by atoms with van der Waals surface area (Å²) in [7, 11) is 0. The van der Waals surface area contributed by atoms with Gasteiger partial charge in [-0.25, -0.2) is 0 Å². The maximum absolute atomic E-state index is 6.29. The number of pyridine rings is 1. The normalized spacial score (nSPS) is 28.9. The lowest BCUT2D eigenvalue weighted by molar-refractivity contribution is 0.440. The summed E-state index contributed by atoms with van der Waals surface area (Å²) in [5, 5.41) is 4.73. The van der Waals surface area contributed by atoms with Gasteiger partial charge in [-0.15, -0.1) is 0 Å². The van der Waals surface area contributed by atoms with Gasteiger partial charge in [0.2, 0.25) is 0 Å². The van der Waals surface area contributed by atoms with Crippen LogP contribution in [0.2, 0.25) is 0 Å². The van der Waals surface area contributed by atoms with E-state index in [0.29, 0.717) is 6.04 Å². The summed E-state index contributed by atoms with van der Waals surface area (Å²) in [6.45, 7) is 0. The second-order valence-electron chi connectivity index (χ2n) is 6.02. The third kappa shape index (κ3) is 1.76. The minimum atomic E-state index is 0.621. The van der Waals surface area contributed by atoms with Crippen molar-refractivity contribution in [3.8, 4) is 0 Å². The van der Waals surface area contributed by atoms with Gasteiger partial charge < -0.3 is 11.1 Å². The van der Waals surface area contributed by atoms with Crippen molar-refractivity contribution in [3.63, 3.8) is 0 Å². The summed E-state index contributed by atoms with van der Waals surface area (Å²) in [6.07, 6.45) is 7.35. The molecule has 3 heteroatoms. The molecule has 1 aromatic carbocycles. The molecule has 0 radical (unpaired) electrons. The molecule has 3 atom stereocenters. The Morgan fingerprint density at radius 2 is 2.11 bits per heavy atom. The van der Waals surface area contributed by atoms with Crippen LogP contribution in [0.3, 0.4) is 0 Å². The van der Waals surface area contributed by atoms with Gasteiger partial charge in [0.15, 0.2) is 0 Å². The van der Waals surface area contributed by atoms with E-state index in [1.54, 1.807) is 0 Å².